The Labute approximate surface area is 117 Å². The van der Waals surface area contributed by atoms with Crippen molar-refractivity contribution in [3.8, 4) is 0 Å². The molecule has 1 heterocycles. The van der Waals surface area contributed by atoms with E-state index in [-0.39, 0.29) is 0 Å². The van der Waals surface area contributed by atoms with E-state index in [0.29, 0.717) is 6.29 Å². The molecule has 0 saturated carbocycles. The molecule has 118 valence electrons. The molecule has 0 aromatic rings. The van der Waals surface area contributed by atoms with Crippen LogP contribution in [0, 0.1) is 0 Å². The quantitative estimate of drug-likeness (QED) is 0.410. The molecule has 1 saturated heterocycles. The van der Waals surface area contributed by atoms with Gasteiger partial charge < -0.3 is 9.47 Å². The maximum atomic E-state index is 10.9. The first-order valence-electron chi connectivity index (χ1n) is 5.45. The van der Waals surface area contributed by atoms with Crippen molar-refractivity contribution in [2.24, 2.45) is 0 Å². The fourth-order valence-corrected chi connectivity index (χ4v) is 2.26. The summed E-state index contributed by atoms with van der Waals surface area (Å²) < 4.78 is 63.3. The maximum Gasteiger partial charge on any atom is 0.264 e. The topological polar surface area (TPSA) is 122 Å². The predicted molar refractivity (Wildman–Crippen MR) is 65.8 cm³/mol. The summed E-state index contributed by atoms with van der Waals surface area (Å²) in [5, 5.41) is 0. The molecule has 20 heavy (non-hydrogen) atoms. The van der Waals surface area contributed by atoms with Crippen molar-refractivity contribution in [3.63, 3.8) is 0 Å². The van der Waals surface area contributed by atoms with E-state index in [0.717, 1.165) is 12.5 Å². The van der Waals surface area contributed by atoms with Crippen LogP contribution in [0.1, 0.15) is 6.92 Å². The zero-order valence-electron chi connectivity index (χ0n) is 11.1. The van der Waals surface area contributed by atoms with Crippen molar-refractivity contribution in [2.45, 2.75) is 24.9 Å². The first-order chi connectivity index (χ1) is 8.94. The van der Waals surface area contributed by atoms with Gasteiger partial charge in [0.05, 0.1) is 25.7 Å². The first kappa shape index (κ1) is 17.5. The minimum absolute atomic E-state index is 0.376. The van der Waals surface area contributed by atoms with Crippen LogP contribution < -0.4 is 0 Å². The van der Waals surface area contributed by atoms with Crippen LogP contribution >= 0.6 is 0 Å². The van der Waals surface area contributed by atoms with E-state index < -0.39 is 51.4 Å². The molecule has 0 unspecified atom stereocenters. The average molecular weight is 332 g/mol. The predicted octanol–water partition coefficient (Wildman–Crippen LogP) is -1.36. The lowest BCUT2D eigenvalue weighted by atomic mass is 10.2. The highest BCUT2D eigenvalue weighted by Crippen LogP contribution is 2.28. The Morgan fingerprint density at radius 2 is 1.35 bits per heavy atom. The van der Waals surface area contributed by atoms with Crippen molar-refractivity contribution in [1.29, 1.82) is 0 Å². The second-order valence-electron chi connectivity index (χ2n) is 4.42. The Morgan fingerprint density at radius 1 is 1.00 bits per heavy atom. The number of ether oxygens (including phenoxy) is 2. The van der Waals surface area contributed by atoms with Gasteiger partial charge in [0.2, 0.25) is 5.79 Å². The summed E-state index contributed by atoms with van der Waals surface area (Å²) in [6, 6.07) is 0. The van der Waals surface area contributed by atoms with Crippen LogP contribution in [0.2, 0.25) is 0 Å². The van der Waals surface area contributed by atoms with Gasteiger partial charge in [0.15, 0.2) is 6.29 Å². The second kappa shape index (κ2) is 6.03. The van der Waals surface area contributed by atoms with Gasteiger partial charge in [-0.05, 0) is 6.92 Å². The second-order valence-corrected chi connectivity index (χ2v) is 7.71. The highest BCUT2D eigenvalue weighted by Gasteiger charge is 2.45. The molecule has 11 heteroatoms. The number of carbonyl (C=O) groups excluding carboxylic acids is 1. The largest absolute Gasteiger partial charge is 0.335 e. The molecule has 0 spiro atoms. The van der Waals surface area contributed by atoms with Crippen LogP contribution in [0.3, 0.4) is 0 Å². The normalized spacial score (nSPS) is 26.6. The smallest absolute Gasteiger partial charge is 0.264 e. The Hall–Kier alpha value is -0.590. The van der Waals surface area contributed by atoms with Gasteiger partial charge in [-0.3, -0.25) is 13.2 Å². The third-order valence-corrected chi connectivity index (χ3v) is 3.42. The molecule has 1 rings (SSSR count). The Morgan fingerprint density at radius 3 is 1.60 bits per heavy atom. The van der Waals surface area contributed by atoms with Crippen LogP contribution in [0.25, 0.3) is 0 Å². The van der Waals surface area contributed by atoms with E-state index >= 15 is 0 Å². The summed E-state index contributed by atoms with van der Waals surface area (Å²) in [5.41, 5.74) is 0. The van der Waals surface area contributed by atoms with Gasteiger partial charge in [-0.25, -0.2) is 0 Å². The summed E-state index contributed by atoms with van der Waals surface area (Å²) in [7, 11) is -7.41. The number of hydrogen-bond acceptors (Lipinski definition) is 9. The van der Waals surface area contributed by atoms with E-state index in [4.69, 9.17) is 9.47 Å². The van der Waals surface area contributed by atoms with Gasteiger partial charge in [-0.1, -0.05) is 0 Å². The van der Waals surface area contributed by atoms with Crippen molar-refractivity contribution in [3.05, 3.63) is 0 Å². The minimum atomic E-state index is -3.71. The van der Waals surface area contributed by atoms with Crippen LogP contribution in [0.5, 0.6) is 0 Å². The Kier molecular flexibility index (Phi) is 5.27. The van der Waals surface area contributed by atoms with E-state index in [1.807, 2.05) is 0 Å². The number of rotatable bonds is 7. The van der Waals surface area contributed by atoms with E-state index in [1.54, 1.807) is 0 Å². The Bertz CT molecular complexity index is 506. The summed E-state index contributed by atoms with van der Waals surface area (Å²) in [6.45, 7) is 0.480. The molecule has 0 aromatic heterocycles. The third kappa shape index (κ3) is 5.81. The summed E-state index contributed by atoms with van der Waals surface area (Å²) in [5.74, 6) is -1.60. The molecule has 1 fully saturated rings. The van der Waals surface area contributed by atoms with Gasteiger partial charge in [-0.2, -0.15) is 16.8 Å². The molecule has 1 aliphatic rings. The molecular weight excluding hydrogens is 316 g/mol. The van der Waals surface area contributed by atoms with E-state index in [2.05, 4.69) is 8.37 Å². The fourth-order valence-electron chi connectivity index (χ4n) is 1.50. The summed E-state index contributed by atoms with van der Waals surface area (Å²) in [4.78, 5) is 10.9. The van der Waals surface area contributed by atoms with Gasteiger partial charge >= 0.3 is 0 Å². The van der Waals surface area contributed by atoms with Crippen molar-refractivity contribution >= 4 is 26.5 Å². The van der Waals surface area contributed by atoms with Crippen molar-refractivity contribution < 1.29 is 39.5 Å². The molecule has 0 N–H and O–H groups in total. The minimum Gasteiger partial charge on any atom is -0.335 e. The van der Waals surface area contributed by atoms with Crippen LogP contribution in [0.15, 0.2) is 0 Å². The molecule has 2 atom stereocenters. The van der Waals surface area contributed by atoms with Crippen molar-refractivity contribution in [2.75, 3.05) is 25.7 Å². The van der Waals surface area contributed by atoms with Crippen molar-refractivity contribution in [1.82, 2.24) is 0 Å². The lowest BCUT2D eigenvalue weighted by molar-refractivity contribution is -0.170. The monoisotopic (exact) mass is 332 g/mol. The number of carbonyl (C=O) groups is 1. The highest BCUT2D eigenvalue weighted by molar-refractivity contribution is 7.86. The molecule has 1 aliphatic heterocycles. The summed E-state index contributed by atoms with van der Waals surface area (Å²) in [6.07, 6.45) is 0.164. The van der Waals surface area contributed by atoms with Gasteiger partial charge in [-0.15, -0.1) is 0 Å². The van der Waals surface area contributed by atoms with E-state index in [1.165, 1.54) is 6.92 Å². The number of aldehydes is 1. The molecule has 9 nitrogen and oxygen atoms in total. The molecule has 0 radical (unpaired) electrons. The van der Waals surface area contributed by atoms with E-state index in [9.17, 15) is 21.6 Å². The standard InChI is InChI=1S/C9H16O9S2/c1-9(6-10)17-7(4-15-19(2,11)12)8(18-9)5-16-20(3,13)14/h6-8H,4-5H2,1-3H3/t7-,8-/m0/s1. The molecule has 0 aromatic carbocycles. The fraction of sp³-hybridized carbons (Fsp3) is 0.889. The first-order valence-corrected chi connectivity index (χ1v) is 9.08. The zero-order valence-corrected chi connectivity index (χ0v) is 12.8. The zero-order chi connectivity index (χ0) is 15.6. The SMILES string of the molecule is CC1(C=O)O[C@@H](COS(C)(=O)=O)[C@H](COS(C)(=O)=O)O1. The van der Waals surface area contributed by atoms with Crippen LogP contribution in [0.4, 0.5) is 0 Å². The van der Waals surface area contributed by atoms with Crippen LogP contribution in [-0.4, -0.2) is 66.8 Å². The maximum absolute atomic E-state index is 10.9. The Balaban J connectivity index is 2.74. The van der Waals surface area contributed by atoms with Gasteiger partial charge in [0, 0.05) is 0 Å². The number of hydrogen-bond donors (Lipinski definition) is 0. The molecule has 0 bridgehead atoms. The van der Waals surface area contributed by atoms with Crippen LogP contribution in [-0.2, 0) is 42.9 Å². The highest BCUT2D eigenvalue weighted by atomic mass is 32.2. The molecule has 0 aliphatic carbocycles. The lowest BCUT2D eigenvalue weighted by Crippen LogP contribution is -2.33. The molecular formula is C9H16O9S2. The molecule has 0 amide bonds. The van der Waals surface area contributed by atoms with Gasteiger partial charge in [0.1, 0.15) is 12.2 Å². The lowest BCUT2D eigenvalue weighted by Gasteiger charge is -2.15. The van der Waals surface area contributed by atoms with Gasteiger partial charge in [0.25, 0.3) is 20.2 Å². The summed E-state index contributed by atoms with van der Waals surface area (Å²) >= 11 is 0. The average Bonchev–Trinajstić information content (AvgIpc) is 2.60. The third-order valence-electron chi connectivity index (χ3n) is 2.29.